The Balaban J connectivity index is 1.61. The SMILES string of the molecule is O=C(Nc1ccccc1Br)c1ccc(NCc2ccccn2)nc1. The highest BCUT2D eigenvalue weighted by Gasteiger charge is 2.08. The fourth-order valence-corrected chi connectivity index (χ4v) is 2.46. The number of hydrogen-bond acceptors (Lipinski definition) is 4. The maximum absolute atomic E-state index is 12.3. The molecule has 120 valence electrons. The molecule has 5 nitrogen and oxygen atoms in total. The van der Waals surface area contributed by atoms with Crippen molar-refractivity contribution < 1.29 is 4.79 Å². The van der Waals surface area contributed by atoms with Gasteiger partial charge >= 0.3 is 0 Å². The van der Waals surface area contributed by atoms with E-state index in [2.05, 4.69) is 36.5 Å². The summed E-state index contributed by atoms with van der Waals surface area (Å²) in [5, 5.41) is 6.02. The van der Waals surface area contributed by atoms with Crippen molar-refractivity contribution in [2.75, 3.05) is 10.6 Å². The van der Waals surface area contributed by atoms with Gasteiger partial charge in [0, 0.05) is 16.9 Å². The largest absolute Gasteiger partial charge is 0.364 e. The van der Waals surface area contributed by atoms with E-state index in [1.807, 2.05) is 42.5 Å². The third-order valence-corrected chi connectivity index (χ3v) is 4.02. The van der Waals surface area contributed by atoms with E-state index in [0.717, 1.165) is 15.9 Å². The second kappa shape index (κ2) is 7.70. The summed E-state index contributed by atoms with van der Waals surface area (Å²) in [6.07, 6.45) is 3.30. The molecule has 1 amide bonds. The molecule has 3 rings (SSSR count). The number of halogens is 1. The summed E-state index contributed by atoms with van der Waals surface area (Å²) in [7, 11) is 0. The van der Waals surface area contributed by atoms with Crippen LogP contribution < -0.4 is 10.6 Å². The summed E-state index contributed by atoms with van der Waals surface area (Å²) in [5.41, 5.74) is 2.14. The first-order valence-electron chi connectivity index (χ1n) is 7.38. The number of para-hydroxylation sites is 1. The number of carbonyl (C=O) groups excluding carboxylic acids is 1. The zero-order chi connectivity index (χ0) is 16.8. The number of pyridine rings is 2. The van der Waals surface area contributed by atoms with Gasteiger partial charge in [-0.1, -0.05) is 18.2 Å². The number of nitrogens with one attached hydrogen (secondary N) is 2. The molecule has 0 unspecified atom stereocenters. The Bertz CT molecular complexity index is 822. The number of aromatic nitrogens is 2. The smallest absolute Gasteiger partial charge is 0.257 e. The number of amides is 1. The Morgan fingerprint density at radius 1 is 1.00 bits per heavy atom. The van der Waals surface area contributed by atoms with E-state index in [1.165, 1.54) is 0 Å². The van der Waals surface area contributed by atoms with Gasteiger partial charge in [0.05, 0.1) is 23.5 Å². The van der Waals surface area contributed by atoms with Crippen LogP contribution in [0.2, 0.25) is 0 Å². The number of benzene rings is 1. The summed E-state index contributed by atoms with van der Waals surface area (Å²) >= 11 is 3.41. The van der Waals surface area contributed by atoms with Gasteiger partial charge in [0.25, 0.3) is 5.91 Å². The summed E-state index contributed by atoms with van der Waals surface area (Å²) < 4.78 is 0.833. The molecule has 3 aromatic rings. The first-order valence-corrected chi connectivity index (χ1v) is 8.17. The van der Waals surface area contributed by atoms with Gasteiger partial charge in [-0.3, -0.25) is 9.78 Å². The second-order valence-electron chi connectivity index (χ2n) is 5.04. The third-order valence-electron chi connectivity index (χ3n) is 3.32. The predicted molar refractivity (Wildman–Crippen MR) is 97.9 cm³/mol. The van der Waals surface area contributed by atoms with Crippen molar-refractivity contribution in [2.24, 2.45) is 0 Å². The van der Waals surface area contributed by atoms with E-state index in [4.69, 9.17) is 0 Å². The second-order valence-corrected chi connectivity index (χ2v) is 5.90. The number of hydrogen-bond donors (Lipinski definition) is 2. The molecule has 0 spiro atoms. The van der Waals surface area contributed by atoms with Crippen LogP contribution in [-0.2, 0) is 6.54 Å². The summed E-state index contributed by atoms with van der Waals surface area (Å²) in [6, 6.07) is 16.7. The van der Waals surface area contributed by atoms with Crippen molar-refractivity contribution >= 4 is 33.3 Å². The quantitative estimate of drug-likeness (QED) is 0.696. The molecule has 24 heavy (non-hydrogen) atoms. The number of carbonyl (C=O) groups is 1. The van der Waals surface area contributed by atoms with Crippen molar-refractivity contribution in [3.05, 3.63) is 82.7 Å². The van der Waals surface area contributed by atoms with E-state index < -0.39 is 0 Å². The fraction of sp³-hybridized carbons (Fsp3) is 0.0556. The van der Waals surface area contributed by atoms with Crippen molar-refractivity contribution in [2.45, 2.75) is 6.54 Å². The third kappa shape index (κ3) is 4.17. The van der Waals surface area contributed by atoms with E-state index in [1.54, 1.807) is 24.5 Å². The van der Waals surface area contributed by atoms with Crippen LogP contribution in [0.25, 0.3) is 0 Å². The average Bonchev–Trinajstić information content (AvgIpc) is 2.63. The molecular formula is C18H15BrN4O. The van der Waals surface area contributed by atoms with Crippen LogP contribution in [0.15, 0.2) is 71.5 Å². The molecule has 2 N–H and O–H groups in total. The number of nitrogens with zero attached hydrogens (tertiary/aromatic N) is 2. The van der Waals surface area contributed by atoms with Gasteiger partial charge in [-0.05, 0) is 52.3 Å². The molecule has 0 aliphatic rings. The minimum Gasteiger partial charge on any atom is -0.364 e. The molecule has 2 heterocycles. The molecule has 0 radical (unpaired) electrons. The molecule has 0 bridgehead atoms. The van der Waals surface area contributed by atoms with Crippen LogP contribution in [0, 0.1) is 0 Å². The van der Waals surface area contributed by atoms with Crippen LogP contribution in [0.5, 0.6) is 0 Å². The lowest BCUT2D eigenvalue weighted by molar-refractivity contribution is 0.102. The molecule has 0 saturated carbocycles. The van der Waals surface area contributed by atoms with Crippen LogP contribution in [-0.4, -0.2) is 15.9 Å². The first kappa shape index (κ1) is 16.1. The molecule has 1 aromatic carbocycles. The molecule has 0 saturated heterocycles. The van der Waals surface area contributed by atoms with Crippen LogP contribution in [0.4, 0.5) is 11.5 Å². The van der Waals surface area contributed by atoms with Gasteiger partial charge < -0.3 is 10.6 Å². The van der Waals surface area contributed by atoms with Crippen LogP contribution in [0.1, 0.15) is 16.1 Å². The van der Waals surface area contributed by atoms with Crippen LogP contribution in [0.3, 0.4) is 0 Å². The topological polar surface area (TPSA) is 66.9 Å². The lowest BCUT2D eigenvalue weighted by Gasteiger charge is -2.08. The van der Waals surface area contributed by atoms with Gasteiger partial charge in [-0.25, -0.2) is 4.98 Å². The number of anilines is 2. The van der Waals surface area contributed by atoms with Gasteiger partial charge in [0.1, 0.15) is 5.82 Å². The van der Waals surface area contributed by atoms with Gasteiger partial charge in [0.15, 0.2) is 0 Å². The summed E-state index contributed by atoms with van der Waals surface area (Å²) in [6.45, 7) is 0.580. The molecular weight excluding hydrogens is 368 g/mol. The van der Waals surface area contributed by atoms with Gasteiger partial charge in [0.2, 0.25) is 0 Å². The van der Waals surface area contributed by atoms with E-state index in [-0.39, 0.29) is 5.91 Å². The minimum atomic E-state index is -0.203. The highest BCUT2D eigenvalue weighted by molar-refractivity contribution is 9.10. The van der Waals surface area contributed by atoms with Crippen molar-refractivity contribution in [3.63, 3.8) is 0 Å². The lowest BCUT2D eigenvalue weighted by atomic mass is 10.2. The maximum atomic E-state index is 12.3. The maximum Gasteiger partial charge on any atom is 0.257 e. The molecule has 2 aromatic heterocycles. The van der Waals surface area contributed by atoms with Crippen LogP contribution >= 0.6 is 15.9 Å². The molecule has 0 fully saturated rings. The zero-order valence-electron chi connectivity index (χ0n) is 12.7. The van der Waals surface area contributed by atoms with E-state index >= 15 is 0 Å². The molecule has 0 atom stereocenters. The van der Waals surface area contributed by atoms with Crippen molar-refractivity contribution in [1.29, 1.82) is 0 Å². The fourth-order valence-electron chi connectivity index (χ4n) is 2.07. The highest BCUT2D eigenvalue weighted by atomic mass is 79.9. The Labute approximate surface area is 148 Å². The number of rotatable bonds is 5. The van der Waals surface area contributed by atoms with E-state index in [9.17, 15) is 4.79 Å². The Hall–Kier alpha value is -2.73. The van der Waals surface area contributed by atoms with Gasteiger partial charge in [-0.15, -0.1) is 0 Å². The lowest BCUT2D eigenvalue weighted by Crippen LogP contribution is -2.13. The highest BCUT2D eigenvalue weighted by Crippen LogP contribution is 2.21. The average molecular weight is 383 g/mol. The summed E-state index contributed by atoms with van der Waals surface area (Å²) in [4.78, 5) is 20.8. The monoisotopic (exact) mass is 382 g/mol. The first-order chi connectivity index (χ1) is 11.7. The summed E-state index contributed by atoms with van der Waals surface area (Å²) in [5.74, 6) is 0.490. The molecule has 0 aliphatic carbocycles. The van der Waals surface area contributed by atoms with Gasteiger partial charge in [-0.2, -0.15) is 0 Å². The van der Waals surface area contributed by atoms with E-state index in [0.29, 0.717) is 17.9 Å². The standard InChI is InChI=1S/C18H15BrN4O/c19-15-6-1-2-7-16(15)23-18(24)13-8-9-17(21-11-13)22-12-14-5-3-4-10-20-14/h1-11H,12H2,(H,21,22)(H,23,24). The van der Waals surface area contributed by atoms with Crippen molar-refractivity contribution in [1.82, 2.24) is 9.97 Å². The Kier molecular flexibility index (Phi) is 5.18. The van der Waals surface area contributed by atoms with Crippen molar-refractivity contribution in [3.8, 4) is 0 Å². The Morgan fingerprint density at radius 3 is 2.54 bits per heavy atom. The molecule has 6 heteroatoms. The Morgan fingerprint density at radius 2 is 1.83 bits per heavy atom. The predicted octanol–water partition coefficient (Wildman–Crippen LogP) is 4.10. The normalized spacial score (nSPS) is 10.2. The molecule has 0 aliphatic heterocycles. The minimum absolute atomic E-state index is 0.203. The zero-order valence-corrected chi connectivity index (χ0v) is 14.3.